The lowest BCUT2D eigenvalue weighted by Crippen LogP contribution is -2.34. The number of likely N-dealkylation sites (N-methyl/N-ethyl adjacent to an activating group) is 1. The van der Waals surface area contributed by atoms with E-state index < -0.39 is 15.8 Å². The van der Waals surface area contributed by atoms with Crippen LogP contribution in [0.5, 0.6) is 0 Å². The van der Waals surface area contributed by atoms with Crippen molar-refractivity contribution in [3.8, 4) is 0 Å². The van der Waals surface area contributed by atoms with Crippen LogP contribution >= 0.6 is 15.9 Å². The van der Waals surface area contributed by atoms with E-state index in [1.807, 2.05) is 0 Å². The highest BCUT2D eigenvalue weighted by Crippen LogP contribution is 2.23. The van der Waals surface area contributed by atoms with Crippen molar-refractivity contribution in [2.45, 2.75) is 23.8 Å². The Morgan fingerprint density at radius 2 is 2.26 bits per heavy atom. The zero-order chi connectivity index (χ0) is 14.0. The third-order valence-electron chi connectivity index (χ3n) is 3.07. The van der Waals surface area contributed by atoms with Crippen molar-refractivity contribution in [3.63, 3.8) is 0 Å². The molecular weight excluding hydrogens is 337 g/mol. The highest BCUT2D eigenvalue weighted by molar-refractivity contribution is 9.10. The Morgan fingerprint density at radius 3 is 2.84 bits per heavy atom. The highest BCUT2D eigenvalue weighted by Gasteiger charge is 2.28. The zero-order valence-electron chi connectivity index (χ0n) is 10.5. The number of halogens is 2. The molecule has 1 aromatic carbocycles. The van der Waals surface area contributed by atoms with E-state index in [4.69, 9.17) is 4.74 Å². The summed E-state index contributed by atoms with van der Waals surface area (Å²) in [6.07, 6.45) is 1.67. The normalized spacial score (nSPS) is 20.1. The van der Waals surface area contributed by atoms with E-state index in [9.17, 15) is 12.8 Å². The van der Waals surface area contributed by atoms with Crippen molar-refractivity contribution in [2.24, 2.45) is 0 Å². The maximum atomic E-state index is 13.8. The molecule has 0 aliphatic carbocycles. The number of rotatable bonds is 4. The molecule has 0 saturated carbocycles. The second kappa shape index (κ2) is 5.87. The molecule has 1 aromatic rings. The van der Waals surface area contributed by atoms with Crippen molar-refractivity contribution in [3.05, 3.63) is 28.5 Å². The van der Waals surface area contributed by atoms with E-state index in [0.717, 1.165) is 23.2 Å². The first-order valence-corrected chi connectivity index (χ1v) is 8.17. The minimum absolute atomic E-state index is 0.0988. The topological polar surface area (TPSA) is 46.6 Å². The molecule has 1 fully saturated rings. The summed E-state index contributed by atoms with van der Waals surface area (Å²) in [7, 11) is -2.37. The largest absolute Gasteiger partial charge is 0.377 e. The summed E-state index contributed by atoms with van der Waals surface area (Å²) in [4.78, 5) is -0.309. The van der Waals surface area contributed by atoms with Crippen LogP contribution in [0.25, 0.3) is 0 Å². The molecule has 0 spiro atoms. The van der Waals surface area contributed by atoms with Gasteiger partial charge in [-0.15, -0.1) is 0 Å². The van der Waals surface area contributed by atoms with Crippen molar-refractivity contribution in [1.29, 1.82) is 0 Å². The molecule has 0 radical (unpaired) electrons. The van der Waals surface area contributed by atoms with Crippen LogP contribution in [0.3, 0.4) is 0 Å². The molecule has 0 N–H and O–H groups in total. The second-order valence-corrected chi connectivity index (χ2v) is 7.42. The third-order valence-corrected chi connectivity index (χ3v) is 5.42. The predicted molar refractivity (Wildman–Crippen MR) is 72.9 cm³/mol. The maximum Gasteiger partial charge on any atom is 0.245 e. The van der Waals surface area contributed by atoms with Crippen LogP contribution in [-0.2, 0) is 14.8 Å². The lowest BCUT2D eigenvalue weighted by Gasteiger charge is -2.20. The van der Waals surface area contributed by atoms with Crippen molar-refractivity contribution >= 4 is 26.0 Å². The fourth-order valence-electron chi connectivity index (χ4n) is 2.03. The molecule has 7 heteroatoms. The molecular formula is C12H15BrFNO3S. The minimum atomic E-state index is -3.82. The van der Waals surface area contributed by atoms with Crippen LogP contribution in [0, 0.1) is 5.82 Å². The summed E-state index contributed by atoms with van der Waals surface area (Å²) in [5.41, 5.74) is 0. The highest BCUT2D eigenvalue weighted by atomic mass is 79.9. The molecule has 1 saturated heterocycles. The van der Waals surface area contributed by atoms with Gasteiger partial charge in [-0.1, -0.05) is 15.9 Å². The van der Waals surface area contributed by atoms with E-state index in [1.165, 1.54) is 19.2 Å². The van der Waals surface area contributed by atoms with Crippen LogP contribution in [0.15, 0.2) is 27.6 Å². The lowest BCUT2D eigenvalue weighted by atomic mass is 10.2. The molecule has 106 valence electrons. The Hall–Kier alpha value is -0.500. The Kier molecular flexibility index (Phi) is 4.60. The van der Waals surface area contributed by atoms with Crippen molar-refractivity contribution in [2.75, 3.05) is 20.2 Å². The van der Waals surface area contributed by atoms with Gasteiger partial charge in [0, 0.05) is 24.7 Å². The molecule has 19 heavy (non-hydrogen) atoms. The average molecular weight is 352 g/mol. The van der Waals surface area contributed by atoms with E-state index in [1.54, 1.807) is 0 Å². The number of benzene rings is 1. The summed E-state index contributed by atoms with van der Waals surface area (Å²) in [6.45, 7) is 0.906. The number of ether oxygens (including phenoxy) is 1. The van der Waals surface area contributed by atoms with Gasteiger partial charge in [-0.2, -0.15) is 4.31 Å². The Bertz CT molecular complexity index is 558. The van der Waals surface area contributed by atoms with E-state index in [-0.39, 0.29) is 17.5 Å². The summed E-state index contributed by atoms with van der Waals surface area (Å²) in [5, 5.41) is 0. The predicted octanol–water partition coefficient (Wildman–Crippen LogP) is 2.39. The Balaban J connectivity index is 2.20. The van der Waals surface area contributed by atoms with Crippen LogP contribution in [-0.4, -0.2) is 39.0 Å². The van der Waals surface area contributed by atoms with Crippen LogP contribution in [0.4, 0.5) is 4.39 Å². The van der Waals surface area contributed by atoms with Crippen molar-refractivity contribution < 1.29 is 17.5 Å². The van der Waals surface area contributed by atoms with Gasteiger partial charge in [0.05, 0.1) is 6.10 Å². The number of sulfonamides is 1. The van der Waals surface area contributed by atoms with Gasteiger partial charge in [-0.3, -0.25) is 0 Å². The average Bonchev–Trinajstić information content (AvgIpc) is 2.81. The first kappa shape index (κ1) is 14.9. The maximum absolute atomic E-state index is 13.8. The summed E-state index contributed by atoms with van der Waals surface area (Å²) in [5.74, 6) is -0.756. The fraction of sp³-hybridized carbons (Fsp3) is 0.500. The minimum Gasteiger partial charge on any atom is -0.377 e. The summed E-state index contributed by atoms with van der Waals surface area (Å²) >= 11 is 3.10. The van der Waals surface area contributed by atoms with Gasteiger partial charge in [0.25, 0.3) is 0 Å². The third kappa shape index (κ3) is 3.34. The second-order valence-electron chi connectivity index (χ2n) is 4.50. The van der Waals surface area contributed by atoms with Gasteiger partial charge < -0.3 is 4.74 Å². The van der Waals surface area contributed by atoms with Gasteiger partial charge >= 0.3 is 0 Å². The number of nitrogens with zero attached hydrogens (tertiary/aromatic N) is 1. The molecule has 0 bridgehead atoms. The van der Waals surface area contributed by atoms with Gasteiger partial charge in [0.1, 0.15) is 10.7 Å². The molecule has 1 heterocycles. The van der Waals surface area contributed by atoms with Gasteiger partial charge in [0.15, 0.2) is 0 Å². The summed E-state index contributed by atoms with van der Waals surface area (Å²) < 4.78 is 45.3. The van der Waals surface area contributed by atoms with Crippen LogP contribution in [0.2, 0.25) is 0 Å². The first-order valence-electron chi connectivity index (χ1n) is 5.94. The van der Waals surface area contributed by atoms with E-state index >= 15 is 0 Å². The van der Waals surface area contributed by atoms with Crippen LogP contribution in [0.1, 0.15) is 12.8 Å². The Labute approximate surface area is 120 Å². The van der Waals surface area contributed by atoms with Crippen molar-refractivity contribution in [1.82, 2.24) is 4.31 Å². The Morgan fingerprint density at radius 1 is 1.53 bits per heavy atom. The number of hydrogen-bond acceptors (Lipinski definition) is 3. The van der Waals surface area contributed by atoms with Crippen LogP contribution < -0.4 is 0 Å². The molecule has 0 aromatic heterocycles. The number of hydrogen-bond donors (Lipinski definition) is 0. The van der Waals surface area contributed by atoms with Gasteiger partial charge in [0.2, 0.25) is 10.0 Å². The fourth-order valence-corrected chi connectivity index (χ4v) is 3.60. The first-order chi connectivity index (χ1) is 8.91. The summed E-state index contributed by atoms with van der Waals surface area (Å²) in [6, 6.07) is 3.92. The lowest BCUT2D eigenvalue weighted by molar-refractivity contribution is 0.0978. The van der Waals surface area contributed by atoms with E-state index in [0.29, 0.717) is 11.1 Å². The SMILES string of the molecule is CN(CC1CCCO1)S(=O)(=O)c1ccc(Br)cc1F. The van der Waals surface area contributed by atoms with E-state index in [2.05, 4.69) is 15.9 Å². The molecule has 4 nitrogen and oxygen atoms in total. The molecule has 1 atom stereocenters. The van der Waals surface area contributed by atoms with Gasteiger partial charge in [-0.25, -0.2) is 12.8 Å². The molecule has 1 aliphatic rings. The zero-order valence-corrected chi connectivity index (χ0v) is 12.9. The van der Waals surface area contributed by atoms with Gasteiger partial charge in [-0.05, 0) is 31.0 Å². The standard InChI is InChI=1S/C12H15BrFNO3S/c1-15(8-10-3-2-6-18-10)19(16,17)12-5-4-9(13)7-11(12)14/h4-5,7,10H,2-3,6,8H2,1H3. The quantitative estimate of drug-likeness (QED) is 0.836. The molecule has 2 rings (SSSR count). The molecule has 1 aliphatic heterocycles. The molecule has 0 amide bonds. The molecule has 1 unspecified atom stereocenters. The smallest absolute Gasteiger partial charge is 0.245 e. The monoisotopic (exact) mass is 351 g/mol.